The molecule has 2 aromatic carbocycles. The molecule has 0 aliphatic rings. The van der Waals surface area contributed by atoms with Gasteiger partial charge in [-0.1, -0.05) is 73.4 Å². The van der Waals surface area contributed by atoms with Crippen LogP contribution in [-0.4, -0.2) is 13.7 Å². The lowest BCUT2D eigenvalue weighted by Gasteiger charge is -2.04. The van der Waals surface area contributed by atoms with E-state index in [4.69, 9.17) is 0 Å². The van der Waals surface area contributed by atoms with Gasteiger partial charge in [0.1, 0.15) is 5.69 Å². The number of nitrogens with zero attached hydrogens (tertiary/aromatic N) is 3. The standard InChI is InChI=1S/C23H24N4OS/c1-3-4-15-26-23(28)21(22(29-26)18-11-7-5-8-12-18)24-20-16-17(2)27(25-20)19-13-9-6-10-14-19/h5-14,16H,3-4,15H2,1-2H3,(H,24,25). The third kappa shape index (κ3) is 4.03. The first kappa shape index (κ1) is 19.2. The lowest BCUT2D eigenvalue weighted by Crippen LogP contribution is -2.16. The Morgan fingerprint density at radius 3 is 2.41 bits per heavy atom. The smallest absolute Gasteiger partial charge is 0.285 e. The third-order valence-corrected chi connectivity index (χ3v) is 5.95. The average molecular weight is 405 g/mol. The third-order valence-electron chi connectivity index (χ3n) is 4.76. The highest BCUT2D eigenvalue weighted by Gasteiger charge is 2.18. The molecule has 6 heteroatoms. The van der Waals surface area contributed by atoms with E-state index < -0.39 is 0 Å². The van der Waals surface area contributed by atoms with Crippen molar-refractivity contribution in [1.29, 1.82) is 0 Å². The summed E-state index contributed by atoms with van der Waals surface area (Å²) in [6.07, 6.45) is 2.03. The highest BCUT2D eigenvalue weighted by atomic mass is 32.1. The van der Waals surface area contributed by atoms with E-state index in [1.165, 1.54) is 11.5 Å². The number of anilines is 2. The van der Waals surface area contributed by atoms with Crippen LogP contribution in [0.15, 0.2) is 71.5 Å². The Kier molecular flexibility index (Phi) is 5.62. The Morgan fingerprint density at radius 1 is 1.03 bits per heavy atom. The molecule has 0 spiro atoms. The van der Waals surface area contributed by atoms with Crippen LogP contribution in [0, 0.1) is 6.92 Å². The van der Waals surface area contributed by atoms with E-state index in [1.807, 2.05) is 82.3 Å². The Morgan fingerprint density at radius 2 is 1.72 bits per heavy atom. The summed E-state index contributed by atoms with van der Waals surface area (Å²) in [5.74, 6) is 0.668. The molecule has 0 saturated heterocycles. The van der Waals surface area contributed by atoms with Crippen LogP contribution in [0.5, 0.6) is 0 Å². The van der Waals surface area contributed by atoms with Crippen LogP contribution in [-0.2, 0) is 6.54 Å². The molecule has 0 saturated carbocycles. The summed E-state index contributed by atoms with van der Waals surface area (Å²) in [5, 5.41) is 8.00. The fourth-order valence-corrected chi connectivity index (χ4v) is 4.35. The molecule has 0 fully saturated rings. The van der Waals surface area contributed by atoms with Crippen molar-refractivity contribution in [2.24, 2.45) is 0 Å². The summed E-state index contributed by atoms with van der Waals surface area (Å²) in [6.45, 7) is 4.88. The highest BCUT2D eigenvalue weighted by molar-refractivity contribution is 7.10. The minimum absolute atomic E-state index is 0.00853. The summed E-state index contributed by atoms with van der Waals surface area (Å²) >= 11 is 1.51. The molecule has 0 aliphatic heterocycles. The predicted octanol–water partition coefficient (Wildman–Crippen LogP) is 5.61. The van der Waals surface area contributed by atoms with Crippen LogP contribution >= 0.6 is 11.5 Å². The largest absolute Gasteiger partial charge is 0.333 e. The zero-order valence-electron chi connectivity index (χ0n) is 16.6. The van der Waals surface area contributed by atoms with Gasteiger partial charge in [0.15, 0.2) is 5.82 Å². The normalized spacial score (nSPS) is 11.0. The zero-order valence-corrected chi connectivity index (χ0v) is 17.4. The first-order valence-electron chi connectivity index (χ1n) is 9.86. The minimum Gasteiger partial charge on any atom is -0.333 e. The van der Waals surface area contributed by atoms with Gasteiger partial charge in [-0.3, -0.25) is 8.75 Å². The maximum atomic E-state index is 13.1. The van der Waals surface area contributed by atoms with E-state index in [0.717, 1.165) is 41.2 Å². The fourth-order valence-electron chi connectivity index (χ4n) is 3.26. The van der Waals surface area contributed by atoms with Crippen LogP contribution in [0.4, 0.5) is 11.5 Å². The van der Waals surface area contributed by atoms with Gasteiger partial charge in [0.05, 0.1) is 10.6 Å². The van der Waals surface area contributed by atoms with Gasteiger partial charge in [0.25, 0.3) is 5.56 Å². The summed E-state index contributed by atoms with van der Waals surface area (Å²) in [5.41, 5.74) is 3.63. The predicted molar refractivity (Wildman–Crippen MR) is 121 cm³/mol. The molecule has 2 aromatic heterocycles. The van der Waals surface area contributed by atoms with Gasteiger partial charge in [-0.15, -0.1) is 5.10 Å². The van der Waals surface area contributed by atoms with Crippen molar-refractivity contribution in [2.75, 3.05) is 5.32 Å². The Labute approximate surface area is 174 Å². The number of aromatic nitrogens is 3. The van der Waals surface area contributed by atoms with Crippen LogP contribution in [0.2, 0.25) is 0 Å². The molecular weight excluding hydrogens is 380 g/mol. The summed E-state index contributed by atoms with van der Waals surface area (Å²) in [6, 6.07) is 22.0. The molecule has 0 radical (unpaired) electrons. The van der Waals surface area contributed by atoms with Gasteiger partial charge in [-0.05, 0) is 31.0 Å². The Balaban J connectivity index is 1.73. The molecule has 0 amide bonds. The van der Waals surface area contributed by atoms with Crippen molar-refractivity contribution < 1.29 is 0 Å². The van der Waals surface area contributed by atoms with E-state index in [9.17, 15) is 4.79 Å². The molecule has 0 bridgehead atoms. The maximum Gasteiger partial charge on any atom is 0.285 e. The van der Waals surface area contributed by atoms with Gasteiger partial charge in [-0.25, -0.2) is 4.68 Å². The SMILES string of the molecule is CCCCn1sc(-c2ccccc2)c(Nc2cc(C)n(-c3ccccc3)n2)c1=O. The van der Waals surface area contributed by atoms with Gasteiger partial charge >= 0.3 is 0 Å². The van der Waals surface area contributed by atoms with Crippen molar-refractivity contribution in [3.8, 4) is 16.1 Å². The monoisotopic (exact) mass is 404 g/mol. The number of benzene rings is 2. The van der Waals surface area contributed by atoms with Crippen molar-refractivity contribution >= 4 is 23.0 Å². The van der Waals surface area contributed by atoms with Crippen molar-refractivity contribution in [2.45, 2.75) is 33.2 Å². The molecule has 2 heterocycles. The molecule has 4 rings (SSSR count). The fraction of sp³-hybridized carbons (Fsp3) is 0.217. The molecule has 148 valence electrons. The van der Waals surface area contributed by atoms with E-state index in [0.29, 0.717) is 11.5 Å². The number of unbranched alkanes of at least 4 members (excludes halogenated alkanes) is 1. The van der Waals surface area contributed by atoms with Crippen molar-refractivity contribution in [1.82, 2.24) is 13.7 Å². The molecular formula is C23H24N4OS. The van der Waals surface area contributed by atoms with Crippen LogP contribution in [0.3, 0.4) is 0 Å². The quantitative estimate of drug-likeness (QED) is 0.435. The van der Waals surface area contributed by atoms with E-state index in [1.54, 1.807) is 0 Å². The number of rotatable bonds is 7. The molecule has 1 N–H and O–H groups in total. The van der Waals surface area contributed by atoms with E-state index >= 15 is 0 Å². The van der Waals surface area contributed by atoms with Crippen LogP contribution < -0.4 is 10.9 Å². The lowest BCUT2D eigenvalue weighted by molar-refractivity contribution is 0.659. The Bertz CT molecular complexity index is 1140. The van der Waals surface area contributed by atoms with Gasteiger partial charge in [0, 0.05) is 18.3 Å². The molecule has 0 aliphatic carbocycles. The van der Waals surface area contributed by atoms with Crippen LogP contribution in [0.1, 0.15) is 25.5 Å². The second-order valence-electron chi connectivity index (χ2n) is 6.97. The first-order chi connectivity index (χ1) is 14.2. The van der Waals surface area contributed by atoms with Crippen molar-refractivity contribution in [3.63, 3.8) is 0 Å². The highest BCUT2D eigenvalue weighted by Crippen LogP contribution is 2.32. The zero-order chi connectivity index (χ0) is 20.2. The average Bonchev–Trinajstić information content (AvgIpc) is 3.28. The van der Waals surface area contributed by atoms with Gasteiger partial charge < -0.3 is 5.32 Å². The van der Waals surface area contributed by atoms with Gasteiger partial charge in [-0.2, -0.15) is 0 Å². The molecule has 4 aromatic rings. The van der Waals surface area contributed by atoms with Gasteiger partial charge in [0.2, 0.25) is 0 Å². The second kappa shape index (κ2) is 8.49. The maximum absolute atomic E-state index is 13.1. The molecule has 5 nitrogen and oxygen atoms in total. The summed E-state index contributed by atoms with van der Waals surface area (Å²) in [4.78, 5) is 14.1. The second-order valence-corrected chi connectivity index (χ2v) is 8.00. The Hall–Kier alpha value is -3.12. The van der Waals surface area contributed by atoms with Crippen LogP contribution in [0.25, 0.3) is 16.1 Å². The summed E-state index contributed by atoms with van der Waals surface area (Å²) in [7, 11) is 0. The number of hydrogen-bond acceptors (Lipinski definition) is 4. The topological polar surface area (TPSA) is 51.9 Å². The molecule has 0 unspecified atom stereocenters. The number of nitrogens with one attached hydrogen (secondary N) is 1. The van der Waals surface area contributed by atoms with E-state index in [2.05, 4.69) is 17.3 Å². The number of para-hydroxylation sites is 1. The number of aryl methyl sites for hydroxylation is 2. The first-order valence-corrected chi connectivity index (χ1v) is 10.6. The van der Waals surface area contributed by atoms with Crippen molar-refractivity contribution in [3.05, 3.63) is 82.8 Å². The summed E-state index contributed by atoms with van der Waals surface area (Å²) < 4.78 is 3.72. The number of hydrogen-bond donors (Lipinski definition) is 1. The minimum atomic E-state index is 0.00853. The molecule has 29 heavy (non-hydrogen) atoms. The molecule has 0 atom stereocenters. The lowest BCUT2D eigenvalue weighted by atomic mass is 10.2. The van der Waals surface area contributed by atoms with E-state index in [-0.39, 0.29) is 5.56 Å².